The van der Waals surface area contributed by atoms with Gasteiger partial charge in [0.25, 0.3) is 0 Å². The van der Waals surface area contributed by atoms with E-state index in [4.69, 9.17) is 0 Å². The second-order valence-electron chi connectivity index (χ2n) is 5.24. The zero-order chi connectivity index (χ0) is 13.8. The maximum absolute atomic E-state index is 12.6. The van der Waals surface area contributed by atoms with E-state index in [1.54, 1.807) is 0 Å². The number of amides is 2. The molecule has 0 bridgehead atoms. The van der Waals surface area contributed by atoms with E-state index in [1.807, 2.05) is 4.90 Å². The molecule has 2 atom stereocenters. The zero-order valence-electron chi connectivity index (χ0n) is 11.4. The minimum absolute atomic E-state index is 0.0736. The van der Waals surface area contributed by atoms with Crippen molar-refractivity contribution < 1.29 is 14.7 Å². The number of thioether (sulfide) groups is 1. The lowest BCUT2D eigenvalue weighted by Gasteiger charge is -2.38. The molecule has 2 amide bonds. The van der Waals surface area contributed by atoms with Crippen molar-refractivity contribution in [1.82, 2.24) is 9.80 Å². The Morgan fingerprint density at radius 1 is 1.32 bits per heavy atom. The van der Waals surface area contributed by atoms with Crippen molar-refractivity contribution in [3.05, 3.63) is 0 Å². The fraction of sp³-hybridized carbons (Fsp3) is 0.846. The summed E-state index contributed by atoms with van der Waals surface area (Å²) in [5, 5.41) is 9.17. The maximum atomic E-state index is 12.6. The average molecular weight is 286 g/mol. The quantitative estimate of drug-likeness (QED) is 0.864. The Hall–Kier alpha value is -0.910. The van der Waals surface area contributed by atoms with Crippen LogP contribution in [-0.4, -0.2) is 57.2 Å². The van der Waals surface area contributed by atoms with Gasteiger partial charge in [-0.2, -0.15) is 0 Å². The minimum atomic E-state index is -0.887. The van der Waals surface area contributed by atoms with Crippen LogP contribution in [0.2, 0.25) is 0 Å². The number of aliphatic carboxylic acids is 1. The number of carboxylic acid groups (broad SMARTS) is 1. The lowest BCUT2D eigenvalue weighted by molar-refractivity contribution is -0.141. The molecule has 2 saturated heterocycles. The van der Waals surface area contributed by atoms with E-state index in [0.29, 0.717) is 17.7 Å². The molecule has 2 aliphatic heterocycles. The largest absolute Gasteiger partial charge is 0.480 e. The fourth-order valence-corrected chi connectivity index (χ4v) is 4.02. The topological polar surface area (TPSA) is 60.9 Å². The first-order valence-corrected chi connectivity index (χ1v) is 8.18. The van der Waals surface area contributed by atoms with Crippen LogP contribution in [0.4, 0.5) is 4.79 Å². The number of urea groups is 1. The van der Waals surface area contributed by atoms with Gasteiger partial charge in [0.1, 0.15) is 6.04 Å². The van der Waals surface area contributed by atoms with Gasteiger partial charge in [-0.05, 0) is 25.7 Å². The molecule has 0 saturated carbocycles. The molecule has 0 spiro atoms. The normalized spacial score (nSPS) is 27.6. The number of carbonyl (C=O) groups excluding carboxylic acids is 1. The molecule has 0 radical (unpaired) electrons. The molecule has 2 unspecified atom stereocenters. The highest BCUT2D eigenvalue weighted by Crippen LogP contribution is 2.27. The molecule has 5 nitrogen and oxygen atoms in total. The minimum Gasteiger partial charge on any atom is -0.480 e. The Balaban J connectivity index is 2.06. The second kappa shape index (κ2) is 6.50. The van der Waals surface area contributed by atoms with Crippen LogP contribution in [0, 0.1) is 0 Å². The monoisotopic (exact) mass is 286 g/mol. The summed E-state index contributed by atoms with van der Waals surface area (Å²) in [6, 6.07) is -0.427. The Morgan fingerprint density at radius 3 is 2.79 bits per heavy atom. The fourth-order valence-electron chi connectivity index (χ4n) is 2.89. The van der Waals surface area contributed by atoms with E-state index in [0.717, 1.165) is 32.2 Å². The molecule has 108 valence electrons. The van der Waals surface area contributed by atoms with Crippen LogP contribution in [0.25, 0.3) is 0 Å². The lowest BCUT2D eigenvalue weighted by Crippen LogP contribution is -2.53. The molecule has 0 aliphatic carbocycles. The first-order valence-electron chi connectivity index (χ1n) is 7.03. The summed E-state index contributed by atoms with van der Waals surface area (Å²) in [7, 11) is 0. The van der Waals surface area contributed by atoms with Crippen molar-refractivity contribution in [3.8, 4) is 0 Å². The molecule has 0 aromatic carbocycles. The average Bonchev–Trinajstić information content (AvgIpc) is 2.88. The summed E-state index contributed by atoms with van der Waals surface area (Å²) in [5.41, 5.74) is 0. The highest BCUT2D eigenvalue weighted by Gasteiger charge is 2.38. The molecule has 2 rings (SSSR count). The number of carboxylic acids is 1. The number of likely N-dealkylation sites (tertiary alicyclic amines) is 1. The van der Waals surface area contributed by atoms with Gasteiger partial charge in [-0.15, -0.1) is 11.8 Å². The van der Waals surface area contributed by atoms with Gasteiger partial charge in [0.15, 0.2) is 0 Å². The van der Waals surface area contributed by atoms with E-state index in [1.165, 1.54) is 23.1 Å². The van der Waals surface area contributed by atoms with Gasteiger partial charge >= 0.3 is 12.0 Å². The Kier molecular flexibility index (Phi) is 4.96. The smallest absolute Gasteiger partial charge is 0.327 e. The Labute approximate surface area is 118 Å². The van der Waals surface area contributed by atoms with Crippen molar-refractivity contribution in [2.45, 2.75) is 51.1 Å². The van der Waals surface area contributed by atoms with Crippen LogP contribution >= 0.6 is 11.8 Å². The van der Waals surface area contributed by atoms with E-state index in [2.05, 4.69) is 6.92 Å². The van der Waals surface area contributed by atoms with Crippen molar-refractivity contribution in [3.63, 3.8) is 0 Å². The van der Waals surface area contributed by atoms with Gasteiger partial charge in [-0.1, -0.05) is 13.3 Å². The first kappa shape index (κ1) is 14.5. The summed E-state index contributed by atoms with van der Waals surface area (Å²) < 4.78 is 0. The molecule has 0 aromatic rings. The maximum Gasteiger partial charge on any atom is 0.327 e. The van der Waals surface area contributed by atoms with Crippen LogP contribution in [0.3, 0.4) is 0 Å². The van der Waals surface area contributed by atoms with Crippen LogP contribution in [-0.2, 0) is 4.79 Å². The van der Waals surface area contributed by atoms with Gasteiger partial charge in [-0.25, -0.2) is 9.59 Å². The van der Waals surface area contributed by atoms with E-state index >= 15 is 0 Å². The van der Waals surface area contributed by atoms with Crippen LogP contribution in [0.1, 0.15) is 39.0 Å². The standard InChI is InChI=1S/C13H22N2O3S/c1-2-5-10-6-3-4-7-14(10)13(18)15-9-19-8-11(15)12(16)17/h10-11H,2-9H2,1H3,(H,16,17). The molecule has 19 heavy (non-hydrogen) atoms. The lowest BCUT2D eigenvalue weighted by atomic mass is 9.98. The molecule has 6 heteroatoms. The summed E-state index contributed by atoms with van der Waals surface area (Å²) in [5.74, 6) is 0.126. The van der Waals surface area contributed by atoms with Gasteiger partial charge < -0.3 is 14.9 Å². The van der Waals surface area contributed by atoms with Gasteiger partial charge in [0.2, 0.25) is 0 Å². The number of piperidine rings is 1. The third-order valence-corrected chi connectivity index (χ3v) is 4.92. The van der Waals surface area contributed by atoms with Crippen molar-refractivity contribution in [2.75, 3.05) is 18.2 Å². The van der Waals surface area contributed by atoms with E-state index < -0.39 is 12.0 Å². The summed E-state index contributed by atoms with van der Waals surface area (Å²) in [6.07, 6.45) is 5.34. The van der Waals surface area contributed by atoms with Crippen LogP contribution in [0.15, 0.2) is 0 Å². The Morgan fingerprint density at radius 2 is 2.11 bits per heavy atom. The van der Waals surface area contributed by atoms with E-state index in [-0.39, 0.29) is 6.03 Å². The van der Waals surface area contributed by atoms with Gasteiger partial charge in [0, 0.05) is 18.3 Å². The van der Waals surface area contributed by atoms with Crippen LogP contribution in [0.5, 0.6) is 0 Å². The highest BCUT2D eigenvalue weighted by atomic mass is 32.2. The number of hydrogen-bond acceptors (Lipinski definition) is 3. The number of nitrogens with zero attached hydrogens (tertiary/aromatic N) is 2. The number of rotatable bonds is 3. The highest BCUT2D eigenvalue weighted by molar-refractivity contribution is 7.99. The second-order valence-corrected chi connectivity index (χ2v) is 6.24. The molecule has 2 fully saturated rings. The van der Waals surface area contributed by atoms with Crippen molar-refractivity contribution in [1.29, 1.82) is 0 Å². The summed E-state index contributed by atoms with van der Waals surface area (Å²) in [4.78, 5) is 27.2. The van der Waals surface area contributed by atoms with Gasteiger partial charge in [-0.3, -0.25) is 0 Å². The third kappa shape index (κ3) is 3.16. The number of carbonyl (C=O) groups is 2. The molecule has 1 N–H and O–H groups in total. The van der Waals surface area contributed by atoms with Crippen molar-refractivity contribution >= 4 is 23.8 Å². The number of hydrogen-bond donors (Lipinski definition) is 1. The SMILES string of the molecule is CCCC1CCCCN1C(=O)N1CSCC1C(=O)O. The molecular formula is C13H22N2O3S. The summed E-state index contributed by atoms with van der Waals surface area (Å²) in [6.45, 7) is 2.90. The molecule has 0 aromatic heterocycles. The third-order valence-electron chi connectivity index (χ3n) is 3.91. The van der Waals surface area contributed by atoms with E-state index in [9.17, 15) is 14.7 Å². The predicted octanol–water partition coefficient (Wildman–Crippen LogP) is 2.22. The van der Waals surface area contributed by atoms with Crippen LogP contribution < -0.4 is 0 Å². The molecule has 2 aliphatic rings. The van der Waals surface area contributed by atoms with Gasteiger partial charge in [0.05, 0.1) is 5.88 Å². The summed E-state index contributed by atoms with van der Waals surface area (Å²) >= 11 is 1.52. The first-order chi connectivity index (χ1) is 9.15. The molecule has 2 heterocycles. The zero-order valence-corrected chi connectivity index (χ0v) is 12.2. The Bertz CT molecular complexity index is 349. The molecular weight excluding hydrogens is 264 g/mol. The van der Waals surface area contributed by atoms with Crippen molar-refractivity contribution in [2.24, 2.45) is 0 Å². The predicted molar refractivity (Wildman–Crippen MR) is 75.2 cm³/mol.